The van der Waals surface area contributed by atoms with Crippen LogP contribution < -0.4 is 9.13 Å². The predicted octanol–water partition coefficient (Wildman–Crippen LogP) is 8.54. The normalized spacial score (nSPS) is 9.60. The zero-order valence-electron chi connectivity index (χ0n) is 17.8. The zero-order valence-corrected chi connectivity index (χ0v) is 27.8. The number of hydrogen-bond acceptors (Lipinski definition) is 0. The highest BCUT2D eigenvalue weighted by Crippen LogP contribution is 2.13. The van der Waals surface area contributed by atoms with Gasteiger partial charge in [-0.25, -0.2) is 9.13 Å². The van der Waals surface area contributed by atoms with E-state index < -0.39 is 0 Å². The first-order chi connectivity index (χ1) is 12.6. The molecule has 0 radical (unpaired) electrons. The number of rotatable bonds is 11. The minimum Gasteiger partial charge on any atom is -0.204 e. The van der Waals surface area contributed by atoms with Crippen molar-refractivity contribution in [3.63, 3.8) is 0 Å². The van der Waals surface area contributed by atoms with Crippen LogP contribution >= 0.6 is 99.8 Å². The van der Waals surface area contributed by atoms with Crippen molar-refractivity contribution in [3.05, 3.63) is 57.0 Å². The van der Waals surface area contributed by atoms with Crippen LogP contribution in [0.25, 0.3) is 0 Å². The summed E-state index contributed by atoms with van der Waals surface area (Å²) in [5.74, 6) is 0. The van der Waals surface area contributed by atoms with Crippen molar-refractivity contribution in [1.29, 1.82) is 0 Å². The standard InChI is InChI=1S/C22H32Br2N2.4BrH/c1-19-11-15-25(17-21(19)23)13-9-7-5-3-4-6-8-10-14-26-16-12-20(2)22(24)18-26;;;;/h11-12,15-18H,3-10,13-14H2,1-2H3;4*1H/q+2;;;;. The van der Waals surface area contributed by atoms with Crippen LogP contribution in [-0.2, 0) is 13.1 Å². The van der Waals surface area contributed by atoms with E-state index in [9.17, 15) is 0 Å². The third-order valence-electron chi connectivity index (χ3n) is 4.93. The topological polar surface area (TPSA) is 7.76 Å². The molecule has 0 aliphatic heterocycles. The van der Waals surface area contributed by atoms with Crippen LogP contribution in [-0.4, -0.2) is 0 Å². The molecule has 0 unspecified atom stereocenters. The Morgan fingerprint density at radius 3 is 1.17 bits per heavy atom. The molecular weight excluding hydrogens is 772 g/mol. The maximum absolute atomic E-state index is 3.61. The zero-order chi connectivity index (χ0) is 18.8. The Bertz CT molecular complexity index is 638. The number of pyridine rings is 2. The molecule has 0 N–H and O–H groups in total. The maximum Gasteiger partial charge on any atom is 0.183 e. The average molecular weight is 808 g/mol. The molecule has 0 bridgehead atoms. The first-order valence-electron chi connectivity index (χ1n) is 9.86. The molecule has 0 aromatic carbocycles. The summed E-state index contributed by atoms with van der Waals surface area (Å²) >= 11 is 7.21. The molecule has 0 fully saturated rings. The quantitative estimate of drug-likeness (QED) is 0.159. The highest BCUT2D eigenvalue weighted by Gasteiger charge is 2.05. The molecule has 0 aliphatic rings. The van der Waals surface area contributed by atoms with Gasteiger partial charge >= 0.3 is 0 Å². The molecule has 2 rings (SSSR count). The van der Waals surface area contributed by atoms with E-state index in [0.29, 0.717) is 0 Å². The lowest BCUT2D eigenvalue weighted by molar-refractivity contribution is -0.698. The highest BCUT2D eigenvalue weighted by atomic mass is 79.9. The third-order valence-corrected chi connectivity index (χ3v) is 6.59. The molecule has 0 saturated carbocycles. The van der Waals surface area contributed by atoms with Crippen molar-refractivity contribution in [2.45, 2.75) is 78.3 Å². The van der Waals surface area contributed by atoms with E-state index >= 15 is 0 Å². The monoisotopic (exact) mass is 802 g/mol. The highest BCUT2D eigenvalue weighted by molar-refractivity contribution is 9.10. The van der Waals surface area contributed by atoms with Crippen LogP contribution in [0.2, 0.25) is 0 Å². The first-order valence-corrected chi connectivity index (χ1v) is 11.5. The summed E-state index contributed by atoms with van der Waals surface area (Å²) in [6.45, 7) is 6.52. The van der Waals surface area contributed by atoms with Gasteiger partial charge < -0.3 is 0 Å². The molecule has 2 nitrogen and oxygen atoms in total. The van der Waals surface area contributed by atoms with Crippen LogP contribution in [0, 0.1) is 13.8 Å². The number of aromatic nitrogens is 2. The van der Waals surface area contributed by atoms with E-state index in [-0.39, 0.29) is 67.9 Å². The van der Waals surface area contributed by atoms with Crippen molar-refractivity contribution in [2.24, 2.45) is 0 Å². The fourth-order valence-electron chi connectivity index (χ4n) is 3.08. The lowest BCUT2D eigenvalue weighted by Crippen LogP contribution is -2.32. The molecule has 2 aromatic heterocycles. The summed E-state index contributed by atoms with van der Waals surface area (Å²) < 4.78 is 6.99. The van der Waals surface area contributed by atoms with E-state index in [4.69, 9.17) is 0 Å². The van der Waals surface area contributed by atoms with E-state index in [1.165, 1.54) is 71.4 Å². The van der Waals surface area contributed by atoms with Gasteiger partial charge in [-0.2, -0.15) is 0 Å². The lowest BCUT2D eigenvalue weighted by atomic mass is 10.1. The SMILES string of the molecule is Br.Br.Br.Br.Cc1cc[n+](CCCCCCCCCC[n+]2ccc(C)c(Br)c2)cc1Br. The molecule has 2 heterocycles. The second-order valence-corrected chi connectivity index (χ2v) is 8.96. The third kappa shape index (κ3) is 14.4. The molecule has 2 aromatic rings. The number of hydrogen-bond donors (Lipinski definition) is 0. The van der Waals surface area contributed by atoms with Gasteiger partial charge in [0.1, 0.15) is 13.1 Å². The fourth-order valence-corrected chi connectivity index (χ4v) is 3.87. The molecular formula is C22H36Br6N2+2. The van der Waals surface area contributed by atoms with Crippen LogP contribution in [0.15, 0.2) is 45.9 Å². The van der Waals surface area contributed by atoms with Gasteiger partial charge in [-0.3, -0.25) is 0 Å². The molecule has 0 atom stereocenters. The second kappa shape index (κ2) is 20.8. The van der Waals surface area contributed by atoms with Crippen LogP contribution in [0.3, 0.4) is 0 Å². The van der Waals surface area contributed by atoms with Gasteiger partial charge in [-0.1, -0.05) is 25.7 Å². The lowest BCUT2D eigenvalue weighted by Gasteiger charge is -2.02. The van der Waals surface area contributed by atoms with Crippen LogP contribution in [0.4, 0.5) is 0 Å². The molecule has 30 heavy (non-hydrogen) atoms. The van der Waals surface area contributed by atoms with E-state index in [2.05, 4.69) is 91.8 Å². The van der Waals surface area contributed by atoms with E-state index in [1.807, 2.05) is 0 Å². The van der Waals surface area contributed by atoms with Gasteiger partial charge in [-0.05, 0) is 69.7 Å². The molecule has 174 valence electrons. The Labute approximate surface area is 242 Å². The number of halogens is 6. The van der Waals surface area contributed by atoms with Gasteiger partial charge in [0.25, 0.3) is 0 Å². The van der Waals surface area contributed by atoms with Crippen LogP contribution in [0.5, 0.6) is 0 Å². The van der Waals surface area contributed by atoms with Gasteiger partial charge in [0.15, 0.2) is 24.8 Å². The van der Waals surface area contributed by atoms with Gasteiger partial charge in [0.2, 0.25) is 0 Å². The Morgan fingerprint density at radius 2 is 0.867 bits per heavy atom. The molecule has 0 spiro atoms. The Balaban J connectivity index is -0.00000182. The maximum atomic E-state index is 3.61. The molecule has 0 amide bonds. The summed E-state index contributed by atoms with van der Waals surface area (Å²) in [4.78, 5) is 0. The number of nitrogens with zero attached hydrogens (tertiary/aromatic N) is 2. The smallest absolute Gasteiger partial charge is 0.183 e. The summed E-state index contributed by atoms with van der Waals surface area (Å²) in [6, 6.07) is 4.36. The van der Waals surface area contributed by atoms with Gasteiger partial charge in [-0.15, -0.1) is 67.9 Å². The van der Waals surface area contributed by atoms with Gasteiger partial charge in [0.05, 0.1) is 8.95 Å². The fraction of sp³-hybridized carbons (Fsp3) is 0.545. The van der Waals surface area contributed by atoms with E-state index in [0.717, 1.165) is 13.1 Å². The van der Waals surface area contributed by atoms with Gasteiger partial charge in [0, 0.05) is 25.0 Å². The van der Waals surface area contributed by atoms with E-state index in [1.54, 1.807) is 0 Å². The molecule has 0 saturated heterocycles. The largest absolute Gasteiger partial charge is 0.204 e. The molecule has 8 heteroatoms. The Kier molecular flexibility index (Phi) is 24.8. The van der Waals surface area contributed by atoms with Crippen molar-refractivity contribution in [1.82, 2.24) is 0 Å². The average Bonchev–Trinajstić information content (AvgIpc) is 2.62. The van der Waals surface area contributed by atoms with Crippen molar-refractivity contribution >= 4 is 99.8 Å². The minimum atomic E-state index is 0. The van der Waals surface area contributed by atoms with Crippen molar-refractivity contribution in [3.8, 4) is 0 Å². The predicted molar refractivity (Wildman–Crippen MR) is 156 cm³/mol. The summed E-state index contributed by atoms with van der Waals surface area (Å²) in [6.07, 6.45) is 19.5. The Morgan fingerprint density at radius 1 is 0.567 bits per heavy atom. The summed E-state index contributed by atoms with van der Waals surface area (Å²) in [5, 5.41) is 0. The van der Waals surface area contributed by atoms with Crippen molar-refractivity contribution in [2.75, 3.05) is 0 Å². The molecule has 0 aliphatic carbocycles. The summed E-state index contributed by atoms with van der Waals surface area (Å²) in [7, 11) is 0. The summed E-state index contributed by atoms with van der Waals surface area (Å²) in [5.41, 5.74) is 2.60. The number of unbranched alkanes of at least 4 members (excludes halogenated alkanes) is 7. The van der Waals surface area contributed by atoms with Crippen LogP contribution in [0.1, 0.15) is 62.5 Å². The first kappa shape index (κ1) is 35.8. The van der Waals surface area contributed by atoms with Crippen molar-refractivity contribution < 1.29 is 9.13 Å². The number of aryl methyl sites for hydroxylation is 4. The Hall–Kier alpha value is 1.18. The minimum absolute atomic E-state index is 0. The second-order valence-electron chi connectivity index (χ2n) is 7.26.